The minimum atomic E-state index is -0.223. The Balaban J connectivity index is 1.96. The summed E-state index contributed by atoms with van der Waals surface area (Å²) >= 11 is 0. The molecular formula is C16H13FO2. The normalized spacial score (nSPS) is 15.9. The maximum Gasteiger partial charge on any atom is 0.178 e. The minimum absolute atomic E-state index is 0.0282. The van der Waals surface area contributed by atoms with Crippen molar-refractivity contribution in [1.29, 1.82) is 0 Å². The highest BCUT2D eigenvalue weighted by Gasteiger charge is 2.37. The van der Waals surface area contributed by atoms with Crippen molar-refractivity contribution in [1.82, 2.24) is 0 Å². The van der Waals surface area contributed by atoms with Gasteiger partial charge in [-0.3, -0.25) is 0 Å². The van der Waals surface area contributed by atoms with Crippen molar-refractivity contribution < 1.29 is 14.2 Å². The summed E-state index contributed by atoms with van der Waals surface area (Å²) in [5, 5.41) is 9.34. The van der Waals surface area contributed by atoms with Crippen LogP contribution in [0.4, 0.5) is 4.39 Å². The number of aliphatic hydroxyl groups is 1. The number of halogens is 1. The number of fused-ring (bicyclic) bond motifs is 1. The van der Waals surface area contributed by atoms with Crippen molar-refractivity contribution in [2.45, 2.75) is 25.4 Å². The van der Waals surface area contributed by atoms with Crippen LogP contribution in [0.5, 0.6) is 11.5 Å². The molecule has 19 heavy (non-hydrogen) atoms. The molecule has 2 nitrogen and oxygen atoms in total. The quantitative estimate of drug-likeness (QED) is 0.719. The van der Waals surface area contributed by atoms with E-state index in [1.807, 2.05) is 12.1 Å². The topological polar surface area (TPSA) is 32.8 Å². The van der Waals surface area contributed by atoms with Crippen LogP contribution in [0.25, 0.3) is 11.1 Å². The third-order valence-corrected chi connectivity index (χ3v) is 3.84. The number of benzene rings is 2. The summed E-state index contributed by atoms with van der Waals surface area (Å²) in [4.78, 5) is 0. The van der Waals surface area contributed by atoms with Gasteiger partial charge in [0.1, 0.15) is 5.82 Å². The highest BCUT2D eigenvalue weighted by atomic mass is 19.1. The van der Waals surface area contributed by atoms with Crippen LogP contribution in [-0.2, 0) is 6.61 Å². The van der Waals surface area contributed by atoms with Crippen LogP contribution in [-0.4, -0.2) is 5.11 Å². The molecule has 96 valence electrons. The van der Waals surface area contributed by atoms with Gasteiger partial charge in [-0.25, -0.2) is 4.39 Å². The van der Waals surface area contributed by atoms with E-state index in [4.69, 9.17) is 4.74 Å². The van der Waals surface area contributed by atoms with E-state index in [0.717, 1.165) is 41.0 Å². The maximum absolute atomic E-state index is 14.0. The van der Waals surface area contributed by atoms with Crippen molar-refractivity contribution in [2.24, 2.45) is 0 Å². The number of hydrogen-bond donors (Lipinski definition) is 1. The predicted molar refractivity (Wildman–Crippen MR) is 69.8 cm³/mol. The van der Waals surface area contributed by atoms with E-state index in [-0.39, 0.29) is 12.4 Å². The molecule has 1 saturated carbocycles. The second-order valence-corrected chi connectivity index (χ2v) is 5.17. The number of aliphatic hydroxyl groups excluding tert-OH is 1. The van der Waals surface area contributed by atoms with Crippen LogP contribution < -0.4 is 4.74 Å². The lowest BCUT2D eigenvalue weighted by Crippen LogP contribution is -1.90. The Morgan fingerprint density at radius 2 is 2.00 bits per heavy atom. The van der Waals surface area contributed by atoms with E-state index in [0.29, 0.717) is 11.5 Å². The zero-order chi connectivity index (χ0) is 13.0. The second kappa shape index (κ2) is 3.81. The molecule has 0 spiro atoms. The summed E-state index contributed by atoms with van der Waals surface area (Å²) in [5.74, 6) is 1.73. The molecule has 0 atom stereocenters. The molecule has 2 aromatic rings. The van der Waals surface area contributed by atoms with Gasteiger partial charge in [0, 0.05) is 16.7 Å². The van der Waals surface area contributed by atoms with Crippen LogP contribution in [0.2, 0.25) is 0 Å². The Hall–Kier alpha value is -1.87. The molecule has 1 fully saturated rings. The third-order valence-electron chi connectivity index (χ3n) is 3.84. The van der Waals surface area contributed by atoms with Crippen LogP contribution in [0.3, 0.4) is 0 Å². The van der Waals surface area contributed by atoms with E-state index in [1.54, 1.807) is 12.1 Å². The van der Waals surface area contributed by atoms with Gasteiger partial charge in [-0.05, 0) is 36.5 Å². The van der Waals surface area contributed by atoms with Gasteiger partial charge in [-0.15, -0.1) is 0 Å². The fraction of sp³-hybridized carbons (Fsp3) is 0.250. The van der Waals surface area contributed by atoms with Crippen LogP contribution in [0.15, 0.2) is 30.3 Å². The standard InChI is InChI=1S/C16H13FO2/c17-13-4-2-1-3-11(13)14-12(9-5-6-9)7-10(8-18)15-16(14)19-15/h1-4,7,9,18H,5-6,8H2. The molecule has 2 aliphatic rings. The number of ether oxygens (including phenoxy) is 1. The summed E-state index contributed by atoms with van der Waals surface area (Å²) in [6.07, 6.45) is 2.26. The van der Waals surface area contributed by atoms with E-state index in [9.17, 15) is 9.50 Å². The molecule has 1 aliphatic heterocycles. The fourth-order valence-electron chi connectivity index (χ4n) is 2.68. The van der Waals surface area contributed by atoms with Gasteiger partial charge in [0.2, 0.25) is 0 Å². The summed E-state index contributed by atoms with van der Waals surface area (Å²) in [5.41, 5.74) is 3.41. The maximum atomic E-state index is 14.0. The molecule has 0 saturated heterocycles. The van der Waals surface area contributed by atoms with E-state index >= 15 is 0 Å². The largest absolute Gasteiger partial charge is 0.448 e. The molecule has 0 aromatic heterocycles. The lowest BCUT2D eigenvalue weighted by atomic mass is 9.94. The molecule has 0 unspecified atom stereocenters. The first-order valence-corrected chi connectivity index (χ1v) is 6.53. The summed E-state index contributed by atoms with van der Waals surface area (Å²) in [6, 6.07) is 8.77. The Bertz CT molecular complexity index is 675. The Labute approximate surface area is 110 Å². The first-order chi connectivity index (χ1) is 9.29. The average Bonchev–Trinajstić information content (AvgIpc) is 3.28. The van der Waals surface area contributed by atoms with Gasteiger partial charge >= 0.3 is 0 Å². The molecule has 0 amide bonds. The summed E-state index contributed by atoms with van der Waals surface area (Å²) < 4.78 is 19.5. The minimum Gasteiger partial charge on any atom is -0.448 e. The highest BCUT2D eigenvalue weighted by molar-refractivity contribution is 5.85. The van der Waals surface area contributed by atoms with Crippen LogP contribution in [0, 0.1) is 5.82 Å². The second-order valence-electron chi connectivity index (χ2n) is 5.17. The Morgan fingerprint density at radius 1 is 1.21 bits per heavy atom. The average molecular weight is 256 g/mol. The smallest absolute Gasteiger partial charge is 0.178 e. The molecule has 4 rings (SSSR count). The molecule has 1 heterocycles. The van der Waals surface area contributed by atoms with Crippen LogP contribution in [0.1, 0.15) is 29.9 Å². The lowest BCUT2D eigenvalue weighted by Gasteiger charge is -2.08. The van der Waals surface area contributed by atoms with E-state index < -0.39 is 0 Å². The Kier molecular flexibility index (Phi) is 2.21. The molecular weight excluding hydrogens is 243 g/mol. The summed E-state index contributed by atoms with van der Waals surface area (Å²) in [7, 11) is 0. The van der Waals surface area contributed by atoms with Gasteiger partial charge in [0.25, 0.3) is 0 Å². The first kappa shape index (κ1) is 11.0. The van der Waals surface area contributed by atoms with Gasteiger partial charge in [0.05, 0.1) is 6.61 Å². The molecule has 1 N–H and O–H groups in total. The van der Waals surface area contributed by atoms with Gasteiger partial charge in [-0.1, -0.05) is 18.2 Å². The molecule has 0 radical (unpaired) electrons. The molecule has 2 aromatic carbocycles. The third kappa shape index (κ3) is 1.65. The van der Waals surface area contributed by atoms with Crippen molar-refractivity contribution in [3.63, 3.8) is 0 Å². The number of rotatable bonds is 3. The van der Waals surface area contributed by atoms with Crippen molar-refractivity contribution >= 4 is 0 Å². The van der Waals surface area contributed by atoms with E-state index in [1.165, 1.54) is 6.07 Å². The van der Waals surface area contributed by atoms with Gasteiger partial charge < -0.3 is 9.84 Å². The van der Waals surface area contributed by atoms with Gasteiger partial charge in [-0.2, -0.15) is 0 Å². The molecule has 3 heteroatoms. The van der Waals surface area contributed by atoms with Gasteiger partial charge in [0.15, 0.2) is 11.5 Å². The molecule has 0 bridgehead atoms. The van der Waals surface area contributed by atoms with Crippen molar-refractivity contribution in [3.8, 4) is 22.6 Å². The van der Waals surface area contributed by atoms with Crippen molar-refractivity contribution in [3.05, 3.63) is 47.3 Å². The Morgan fingerprint density at radius 3 is 2.68 bits per heavy atom. The first-order valence-electron chi connectivity index (χ1n) is 6.53. The highest BCUT2D eigenvalue weighted by Crippen LogP contribution is 2.59. The number of hydrogen-bond acceptors (Lipinski definition) is 2. The summed E-state index contributed by atoms with van der Waals surface area (Å²) in [6.45, 7) is -0.0282. The zero-order valence-corrected chi connectivity index (χ0v) is 10.3. The van der Waals surface area contributed by atoms with Crippen LogP contribution >= 0.6 is 0 Å². The fourth-order valence-corrected chi connectivity index (χ4v) is 2.68. The predicted octanol–water partition coefficient (Wildman–Crippen LogP) is 3.97. The SMILES string of the molecule is OCc1cc(C2CC2)c(-c2ccccc2F)c2c1O2. The monoisotopic (exact) mass is 256 g/mol. The van der Waals surface area contributed by atoms with E-state index in [2.05, 4.69) is 0 Å². The zero-order valence-electron chi connectivity index (χ0n) is 10.3. The molecule has 1 aliphatic carbocycles. The lowest BCUT2D eigenvalue weighted by molar-refractivity contribution is 0.281. The van der Waals surface area contributed by atoms with Crippen molar-refractivity contribution in [2.75, 3.05) is 0 Å².